The summed E-state index contributed by atoms with van der Waals surface area (Å²) in [7, 11) is 5.49. The van der Waals surface area contributed by atoms with Crippen LogP contribution in [0.15, 0.2) is 110 Å². The topological polar surface area (TPSA) is 173 Å². The number of anilines is 3. The summed E-state index contributed by atoms with van der Waals surface area (Å²) < 4.78 is 27.3. The molecule has 0 saturated carbocycles. The Balaban J connectivity index is 0.000000166. The van der Waals surface area contributed by atoms with E-state index in [0.29, 0.717) is 47.1 Å². The van der Waals surface area contributed by atoms with Crippen LogP contribution in [0.5, 0.6) is 5.88 Å². The van der Waals surface area contributed by atoms with Gasteiger partial charge in [-0.05, 0) is 78.7 Å². The number of halogens is 2. The minimum atomic E-state index is -1.22. The number of aryl methyl sites for hydroxylation is 1. The number of nitrogens with zero attached hydrogens (tertiary/aromatic N) is 11. The molecular weight excluding hydrogens is 863 g/mol. The van der Waals surface area contributed by atoms with Crippen LogP contribution in [-0.4, -0.2) is 122 Å². The average molecular weight is 909 g/mol. The van der Waals surface area contributed by atoms with Crippen molar-refractivity contribution in [3.05, 3.63) is 138 Å². The Morgan fingerprint density at radius 3 is 2.42 bits per heavy atom. The van der Waals surface area contributed by atoms with Crippen molar-refractivity contribution in [2.75, 3.05) is 81.8 Å². The second kappa shape index (κ2) is 19.5. The van der Waals surface area contributed by atoms with Crippen molar-refractivity contribution in [1.29, 1.82) is 0 Å². The summed E-state index contributed by atoms with van der Waals surface area (Å²) in [6.07, 6.45) is 7.47. The minimum absolute atomic E-state index is 0.0688. The average Bonchev–Trinajstić information content (AvgIpc) is 3.80. The number of aromatic nitrogens is 8. The van der Waals surface area contributed by atoms with Crippen molar-refractivity contribution in [2.24, 2.45) is 7.05 Å². The minimum Gasteiger partial charge on any atom is -0.480 e. The third-order valence-electron chi connectivity index (χ3n) is 11.6. The van der Waals surface area contributed by atoms with Crippen LogP contribution in [0.3, 0.4) is 0 Å². The molecule has 336 valence electrons. The predicted molar refractivity (Wildman–Crippen MR) is 251 cm³/mol. The highest BCUT2D eigenvalue weighted by Crippen LogP contribution is 2.36. The number of hydrogen-bond donors (Lipinski definition) is 2. The van der Waals surface area contributed by atoms with Crippen LogP contribution < -0.4 is 19.9 Å². The molecule has 2 aliphatic heterocycles. The van der Waals surface area contributed by atoms with Crippen molar-refractivity contribution in [3.8, 4) is 28.3 Å². The van der Waals surface area contributed by atoms with E-state index >= 15 is 4.39 Å². The molecule has 0 radical (unpaired) electrons. The number of amides is 1. The molecule has 2 fully saturated rings. The van der Waals surface area contributed by atoms with Gasteiger partial charge in [0.25, 0.3) is 5.91 Å². The zero-order valence-electron chi connectivity index (χ0n) is 36.5. The zero-order chi connectivity index (χ0) is 45.7. The molecule has 7 heterocycles. The van der Waals surface area contributed by atoms with E-state index in [1.165, 1.54) is 25.6 Å². The van der Waals surface area contributed by atoms with Gasteiger partial charge in [-0.3, -0.25) is 9.48 Å². The molecule has 2 saturated heterocycles. The van der Waals surface area contributed by atoms with Gasteiger partial charge in [-0.15, -0.1) is 10.2 Å². The summed E-state index contributed by atoms with van der Waals surface area (Å²) in [6, 6.07) is 23.3. The second-order valence-electron chi connectivity index (χ2n) is 16.0. The Morgan fingerprint density at radius 1 is 0.833 bits per heavy atom. The fourth-order valence-electron chi connectivity index (χ4n) is 7.90. The Hall–Kier alpha value is -7.18. The number of piperazine rings is 1. The smallest absolute Gasteiger partial charge is 0.257 e. The molecule has 1 amide bonds. The number of pyridine rings is 2. The molecule has 18 heteroatoms. The number of carbonyl (C=O) groups excluding carboxylic acids is 1. The summed E-state index contributed by atoms with van der Waals surface area (Å²) >= 11 is 6.30. The maximum Gasteiger partial charge on any atom is 0.257 e. The normalized spacial score (nSPS) is 14.8. The van der Waals surface area contributed by atoms with Crippen LogP contribution in [0.2, 0.25) is 5.02 Å². The van der Waals surface area contributed by atoms with Crippen molar-refractivity contribution in [2.45, 2.75) is 6.10 Å². The highest BCUT2D eigenvalue weighted by Gasteiger charge is 2.23. The largest absolute Gasteiger partial charge is 0.480 e. The van der Waals surface area contributed by atoms with E-state index in [2.05, 4.69) is 74.4 Å². The van der Waals surface area contributed by atoms with Gasteiger partial charge in [0.2, 0.25) is 5.88 Å². The summed E-state index contributed by atoms with van der Waals surface area (Å²) in [5, 5.41) is 28.7. The monoisotopic (exact) mass is 908 g/mol. The lowest BCUT2D eigenvalue weighted by Crippen LogP contribution is -2.44. The van der Waals surface area contributed by atoms with E-state index < -0.39 is 11.9 Å². The van der Waals surface area contributed by atoms with Crippen LogP contribution in [0.4, 0.5) is 21.7 Å². The first-order chi connectivity index (χ1) is 32.1. The Kier molecular flexibility index (Phi) is 13.0. The summed E-state index contributed by atoms with van der Waals surface area (Å²) in [5.41, 5.74) is 5.54. The van der Waals surface area contributed by atoms with Crippen molar-refractivity contribution in [1.82, 2.24) is 44.8 Å². The maximum absolute atomic E-state index is 15.1. The molecule has 2 aliphatic rings. The number of rotatable bonds is 9. The molecule has 1 atom stereocenters. The summed E-state index contributed by atoms with van der Waals surface area (Å²) in [5.74, 6) is 0.907. The molecular formula is C48H46ClFN12O4. The van der Waals surface area contributed by atoms with E-state index in [-0.39, 0.29) is 27.8 Å². The molecule has 10 rings (SSSR count). The highest BCUT2D eigenvalue weighted by atomic mass is 35.5. The number of methoxy groups -OCH3 is 1. The molecule has 8 aromatic rings. The lowest BCUT2D eigenvalue weighted by Gasteiger charge is -2.33. The van der Waals surface area contributed by atoms with Gasteiger partial charge in [-0.25, -0.2) is 24.3 Å². The van der Waals surface area contributed by atoms with E-state index in [4.69, 9.17) is 21.1 Å². The number of hydrogen-bond acceptors (Lipinski definition) is 14. The predicted octanol–water partition coefficient (Wildman–Crippen LogP) is 6.84. The molecule has 16 nitrogen and oxygen atoms in total. The van der Waals surface area contributed by atoms with Crippen molar-refractivity contribution < 1.29 is 23.8 Å². The van der Waals surface area contributed by atoms with Crippen molar-refractivity contribution >= 4 is 56.5 Å². The van der Waals surface area contributed by atoms with Gasteiger partial charge >= 0.3 is 0 Å². The number of aliphatic hydroxyl groups excluding tert-OH is 1. The zero-order valence-corrected chi connectivity index (χ0v) is 37.2. The van der Waals surface area contributed by atoms with E-state index in [1.807, 2.05) is 55.8 Å². The molecule has 2 N–H and O–H groups in total. The summed E-state index contributed by atoms with van der Waals surface area (Å²) in [6.45, 7) is 6.72. The number of fused-ring (bicyclic) bond motifs is 2. The fraction of sp³-hybridized carbons (Fsp3) is 0.250. The number of ether oxygens (including phenoxy) is 2. The summed E-state index contributed by atoms with van der Waals surface area (Å²) in [4.78, 5) is 37.3. The Labute approximate surface area is 384 Å². The Bertz CT molecular complexity index is 3010. The fourth-order valence-corrected chi connectivity index (χ4v) is 8.15. The molecule has 0 spiro atoms. The van der Waals surface area contributed by atoms with Crippen LogP contribution in [0.25, 0.3) is 44.1 Å². The number of likely N-dealkylation sites (N-methyl/N-ethyl adjacent to an activating group) is 1. The third-order valence-corrected chi connectivity index (χ3v) is 11.9. The number of nitrogens with one attached hydrogen (secondary N) is 1. The van der Waals surface area contributed by atoms with E-state index in [0.717, 1.165) is 72.7 Å². The van der Waals surface area contributed by atoms with Gasteiger partial charge in [0, 0.05) is 115 Å². The van der Waals surface area contributed by atoms with Gasteiger partial charge in [0.15, 0.2) is 0 Å². The molecule has 66 heavy (non-hydrogen) atoms. The number of morpholine rings is 1. The van der Waals surface area contributed by atoms with Gasteiger partial charge in [0.1, 0.15) is 29.9 Å². The van der Waals surface area contributed by atoms with Crippen LogP contribution in [0.1, 0.15) is 27.7 Å². The first kappa shape index (κ1) is 44.0. The molecule has 0 unspecified atom stereocenters. The number of aliphatic hydroxyl groups is 1. The van der Waals surface area contributed by atoms with E-state index in [1.54, 1.807) is 35.3 Å². The molecule has 0 aliphatic carbocycles. The van der Waals surface area contributed by atoms with Gasteiger partial charge in [-0.1, -0.05) is 23.7 Å². The molecule has 0 bridgehead atoms. The van der Waals surface area contributed by atoms with Crippen LogP contribution >= 0.6 is 11.6 Å². The van der Waals surface area contributed by atoms with Gasteiger partial charge in [-0.2, -0.15) is 5.10 Å². The van der Waals surface area contributed by atoms with Crippen LogP contribution in [-0.2, 0) is 11.8 Å². The standard InChI is InChI=1S/C24H21ClFN5O3.C24H25N7O/c1-33-22-5-4-20(29-30-22)24(32)16-11-17(19(26)12-18(16)25)23-15-3-2-14(10-21(15)27-13-28-23)31-6-8-34-9-7-31;1-29-7-9-31(10-8-29)23-13-18(5-6-25-23)24(32)28-22-12-20-11-17(3-4-19(20)14-26-22)21-15-27-30(2)16-21/h2-5,10-13,24,32H,6-9H2,1H3;3-6,11-16H,7-10H2,1-2H3,(H,26,28,32)/t24-;/m0./s1. The quantitative estimate of drug-likeness (QED) is 0.154. The number of benzene rings is 3. The highest BCUT2D eigenvalue weighted by molar-refractivity contribution is 6.31. The van der Waals surface area contributed by atoms with Gasteiger partial charge in [0.05, 0.1) is 43.4 Å². The first-order valence-corrected chi connectivity index (χ1v) is 21.7. The lowest BCUT2D eigenvalue weighted by atomic mass is 9.99. The second-order valence-corrected chi connectivity index (χ2v) is 16.4. The molecule has 5 aromatic heterocycles. The number of carbonyl (C=O) groups is 1. The lowest BCUT2D eigenvalue weighted by molar-refractivity contribution is 0.102. The first-order valence-electron chi connectivity index (χ1n) is 21.3. The molecule has 3 aromatic carbocycles. The van der Waals surface area contributed by atoms with Crippen LogP contribution in [0, 0.1) is 5.82 Å². The van der Waals surface area contributed by atoms with E-state index in [9.17, 15) is 9.90 Å². The maximum atomic E-state index is 15.1. The SMILES string of the molecule is CN1CCN(c2cc(C(=O)Nc3cc4cc(-c5cnn(C)c5)ccc4cn3)ccn2)CC1.COc1ccc([C@@H](O)c2cc(-c3ncnc4cc(N5CCOCC5)ccc34)c(F)cc2Cl)nn1. The van der Waals surface area contributed by atoms with Gasteiger partial charge < -0.3 is 34.6 Å². The third kappa shape index (κ3) is 9.74. The Morgan fingerprint density at radius 2 is 1.67 bits per heavy atom. The van der Waals surface area contributed by atoms with Crippen molar-refractivity contribution in [3.63, 3.8) is 0 Å².